The van der Waals surface area contributed by atoms with Gasteiger partial charge in [0, 0.05) is 31.9 Å². The highest BCUT2D eigenvalue weighted by molar-refractivity contribution is 7.22. The topological polar surface area (TPSA) is 44.3 Å². The van der Waals surface area contributed by atoms with Crippen LogP contribution in [0.25, 0.3) is 10.2 Å². The fourth-order valence-corrected chi connectivity index (χ4v) is 5.07. The van der Waals surface area contributed by atoms with Crippen LogP contribution in [0.15, 0.2) is 48.9 Å². The van der Waals surface area contributed by atoms with Gasteiger partial charge in [-0.3, -0.25) is 0 Å². The molecule has 4 rings (SSSR count). The summed E-state index contributed by atoms with van der Waals surface area (Å²) in [6, 6.07) is 10.6. The molecule has 7 heteroatoms. The van der Waals surface area contributed by atoms with Crippen LogP contribution in [0.5, 0.6) is 0 Å². The van der Waals surface area contributed by atoms with E-state index in [-0.39, 0.29) is 6.04 Å². The molecule has 0 aliphatic carbocycles. The highest BCUT2D eigenvalue weighted by Crippen LogP contribution is 2.31. The van der Waals surface area contributed by atoms with Crippen molar-refractivity contribution < 1.29 is 0 Å². The molecule has 30 heavy (non-hydrogen) atoms. The predicted molar refractivity (Wildman–Crippen MR) is 129 cm³/mol. The number of hydrogen-bond donors (Lipinski definition) is 1. The van der Waals surface area contributed by atoms with Crippen LogP contribution in [0.2, 0.25) is 5.02 Å². The summed E-state index contributed by atoms with van der Waals surface area (Å²) in [6.07, 6.45) is 2.93. The quantitative estimate of drug-likeness (QED) is 0.511. The molecule has 1 saturated heterocycles. The Morgan fingerprint density at radius 1 is 1.37 bits per heavy atom. The molecule has 0 spiro atoms. The van der Waals surface area contributed by atoms with E-state index < -0.39 is 0 Å². The number of pyridine rings is 1. The summed E-state index contributed by atoms with van der Waals surface area (Å²) in [5.74, 6) is 2.30. The summed E-state index contributed by atoms with van der Waals surface area (Å²) in [5.41, 5.74) is 2.40. The van der Waals surface area contributed by atoms with Gasteiger partial charge in [0.2, 0.25) is 0 Å². The monoisotopic (exact) mass is 441 g/mol. The van der Waals surface area contributed by atoms with Crippen LogP contribution in [0, 0.1) is 0 Å². The van der Waals surface area contributed by atoms with Crippen LogP contribution in [-0.4, -0.2) is 40.5 Å². The van der Waals surface area contributed by atoms with Gasteiger partial charge in [-0.2, -0.15) is 0 Å². The van der Waals surface area contributed by atoms with Crippen molar-refractivity contribution >= 4 is 44.1 Å². The van der Waals surface area contributed by atoms with Crippen LogP contribution in [0.1, 0.15) is 38.7 Å². The lowest BCUT2D eigenvalue weighted by molar-refractivity contribution is 0.246. The molecule has 0 saturated carbocycles. The zero-order valence-electron chi connectivity index (χ0n) is 17.7. The summed E-state index contributed by atoms with van der Waals surface area (Å²) in [7, 11) is 0. The zero-order valence-corrected chi connectivity index (χ0v) is 19.3. The molecule has 1 aliphatic heterocycles. The third-order valence-corrected chi connectivity index (χ3v) is 7.09. The standard InChI is InChI=1S/C23H28ClN5S/c1-5-15(2)18-8-9-20-21(13-18)30-23(27-20)26-17(4)29-12-11-28(14-16(29)3)22-19(24)7-6-10-25-22/h6-10,13,15-16H,4-5,11-12,14H2,1-3H3,(H,26,27)/t15?,16-/m1/s1. The molecule has 1 fully saturated rings. The van der Waals surface area contributed by atoms with Crippen molar-refractivity contribution in [1.29, 1.82) is 0 Å². The van der Waals surface area contributed by atoms with Crippen LogP contribution in [0.4, 0.5) is 10.9 Å². The molecule has 3 aromatic rings. The average Bonchev–Trinajstić information content (AvgIpc) is 3.14. The highest BCUT2D eigenvalue weighted by Gasteiger charge is 2.26. The molecular formula is C23H28ClN5S. The van der Waals surface area contributed by atoms with Gasteiger partial charge in [-0.1, -0.05) is 49.4 Å². The normalized spacial score (nSPS) is 17.9. The number of fused-ring (bicyclic) bond motifs is 1. The van der Waals surface area contributed by atoms with Crippen LogP contribution in [-0.2, 0) is 0 Å². The smallest absolute Gasteiger partial charge is 0.189 e. The van der Waals surface area contributed by atoms with Gasteiger partial charge < -0.3 is 15.1 Å². The van der Waals surface area contributed by atoms with Gasteiger partial charge in [-0.05, 0) is 49.1 Å². The highest BCUT2D eigenvalue weighted by atomic mass is 35.5. The molecule has 1 unspecified atom stereocenters. The van der Waals surface area contributed by atoms with Crippen molar-refractivity contribution in [3.05, 3.63) is 59.5 Å². The number of halogens is 1. The molecule has 0 amide bonds. The maximum Gasteiger partial charge on any atom is 0.189 e. The van der Waals surface area contributed by atoms with E-state index >= 15 is 0 Å². The van der Waals surface area contributed by atoms with Crippen molar-refractivity contribution in [1.82, 2.24) is 14.9 Å². The largest absolute Gasteiger partial charge is 0.352 e. The van der Waals surface area contributed by atoms with Crippen molar-refractivity contribution in [3.8, 4) is 0 Å². The third kappa shape index (κ3) is 4.25. The van der Waals surface area contributed by atoms with E-state index in [2.05, 4.69) is 65.6 Å². The first kappa shape index (κ1) is 20.9. The minimum absolute atomic E-state index is 0.281. The van der Waals surface area contributed by atoms with Crippen molar-refractivity contribution in [3.63, 3.8) is 0 Å². The van der Waals surface area contributed by atoms with Crippen molar-refractivity contribution in [2.45, 2.75) is 39.2 Å². The van der Waals surface area contributed by atoms with Gasteiger partial charge in [0.15, 0.2) is 5.13 Å². The Morgan fingerprint density at radius 3 is 2.93 bits per heavy atom. The summed E-state index contributed by atoms with van der Waals surface area (Å²) in [4.78, 5) is 13.7. The van der Waals surface area contributed by atoms with E-state index in [9.17, 15) is 0 Å². The summed E-state index contributed by atoms with van der Waals surface area (Å²) in [6.45, 7) is 13.5. The molecule has 1 aromatic carbocycles. The van der Waals surface area contributed by atoms with E-state index in [4.69, 9.17) is 16.6 Å². The zero-order chi connectivity index (χ0) is 21.3. The van der Waals surface area contributed by atoms with E-state index in [1.807, 2.05) is 12.1 Å². The Balaban J connectivity index is 1.43. The fraction of sp³-hybridized carbons (Fsp3) is 0.391. The molecule has 1 N–H and O–H groups in total. The molecule has 158 valence electrons. The molecule has 5 nitrogen and oxygen atoms in total. The van der Waals surface area contributed by atoms with E-state index in [1.165, 1.54) is 10.3 Å². The van der Waals surface area contributed by atoms with Crippen LogP contribution in [0.3, 0.4) is 0 Å². The number of piperazine rings is 1. The second kappa shape index (κ2) is 8.82. The maximum atomic E-state index is 6.34. The van der Waals surface area contributed by atoms with Gasteiger partial charge in [0.1, 0.15) is 11.6 Å². The number of thiazole rings is 1. The van der Waals surface area contributed by atoms with Crippen molar-refractivity contribution in [2.24, 2.45) is 0 Å². The van der Waals surface area contributed by atoms with Gasteiger partial charge in [-0.25, -0.2) is 9.97 Å². The first-order valence-corrected chi connectivity index (χ1v) is 11.6. The lowest BCUT2D eigenvalue weighted by atomic mass is 9.99. The fourth-order valence-electron chi connectivity index (χ4n) is 3.89. The van der Waals surface area contributed by atoms with E-state index in [1.54, 1.807) is 17.5 Å². The van der Waals surface area contributed by atoms with E-state index in [0.29, 0.717) is 10.9 Å². The lowest BCUT2D eigenvalue weighted by Gasteiger charge is -2.42. The Labute approximate surface area is 187 Å². The molecule has 2 atom stereocenters. The maximum absolute atomic E-state index is 6.34. The van der Waals surface area contributed by atoms with Gasteiger partial charge in [-0.15, -0.1) is 0 Å². The number of aromatic nitrogens is 2. The van der Waals surface area contributed by atoms with Gasteiger partial charge in [0.25, 0.3) is 0 Å². The summed E-state index contributed by atoms with van der Waals surface area (Å²) >= 11 is 8.02. The SMILES string of the molecule is C=C(Nc1nc2ccc(C(C)CC)cc2s1)N1CCN(c2ncccc2Cl)C[C@H]1C. The molecule has 0 radical (unpaired) electrons. The average molecular weight is 442 g/mol. The van der Waals surface area contributed by atoms with Crippen molar-refractivity contribution in [2.75, 3.05) is 29.9 Å². The van der Waals surface area contributed by atoms with Gasteiger partial charge >= 0.3 is 0 Å². The molecule has 0 bridgehead atoms. The minimum Gasteiger partial charge on any atom is -0.352 e. The minimum atomic E-state index is 0.281. The Morgan fingerprint density at radius 2 is 2.20 bits per heavy atom. The number of hydrogen-bond acceptors (Lipinski definition) is 6. The number of nitrogens with zero attached hydrogens (tertiary/aromatic N) is 4. The van der Waals surface area contributed by atoms with E-state index in [0.717, 1.165) is 48.3 Å². The predicted octanol–water partition coefficient (Wildman–Crippen LogP) is 5.95. The number of benzene rings is 1. The second-order valence-electron chi connectivity index (χ2n) is 7.92. The Hall–Kier alpha value is -2.31. The molecule has 3 heterocycles. The Kier molecular flexibility index (Phi) is 6.16. The third-order valence-electron chi connectivity index (χ3n) is 5.86. The first-order chi connectivity index (χ1) is 14.5. The molecule has 2 aromatic heterocycles. The second-order valence-corrected chi connectivity index (χ2v) is 9.36. The molecular weight excluding hydrogens is 414 g/mol. The van der Waals surface area contributed by atoms with Gasteiger partial charge in [0.05, 0.1) is 15.2 Å². The molecule has 1 aliphatic rings. The number of anilines is 2. The van der Waals surface area contributed by atoms with Crippen LogP contribution < -0.4 is 10.2 Å². The number of rotatable bonds is 6. The summed E-state index contributed by atoms with van der Waals surface area (Å²) < 4.78 is 1.21. The lowest BCUT2D eigenvalue weighted by Crippen LogP contribution is -2.52. The first-order valence-electron chi connectivity index (χ1n) is 10.4. The van der Waals surface area contributed by atoms with Crippen LogP contribution >= 0.6 is 22.9 Å². The number of nitrogens with one attached hydrogen (secondary N) is 1. The Bertz CT molecular complexity index is 1050. The summed E-state index contributed by atoms with van der Waals surface area (Å²) in [5, 5.41) is 5.02.